The van der Waals surface area contributed by atoms with Gasteiger partial charge in [0.25, 0.3) is 0 Å². The van der Waals surface area contributed by atoms with E-state index in [2.05, 4.69) is 152 Å². The highest BCUT2D eigenvalue weighted by Gasteiger charge is 2.20. The molecular formula is C49H29N3OS. The molecule has 3 aromatic heterocycles. The number of para-hydroxylation sites is 1. The zero-order chi connectivity index (χ0) is 35.6. The Kier molecular flexibility index (Phi) is 7.00. The van der Waals surface area contributed by atoms with Crippen molar-refractivity contribution in [3.8, 4) is 56.4 Å². The van der Waals surface area contributed by atoms with Gasteiger partial charge in [-0.1, -0.05) is 133 Å². The quantitative estimate of drug-likeness (QED) is 0.179. The minimum atomic E-state index is 0.620. The molecule has 0 spiro atoms. The van der Waals surface area contributed by atoms with Gasteiger partial charge < -0.3 is 4.42 Å². The number of furan rings is 1. The van der Waals surface area contributed by atoms with Gasteiger partial charge in [-0.05, 0) is 70.1 Å². The third-order valence-corrected chi connectivity index (χ3v) is 11.5. The molecule has 0 atom stereocenters. The highest BCUT2D eigenvalue weighted by atomic mass is 32.1. The van der Waals surface area contributed by atoms with E-state index in [0.717, 1.165) is 71.7 Å². The van der Waals surface area contributed by atoms with Gasteiger partial charge in [-0.2, -0.15) is 0 Å². The maximum Gasteiger partial charge on any atom is 0.164 e. The topological polar surface area (TPSA) is 51.8 Å². The molecule has 11 rings (SSSR count). The normalized spacial score (nSPS) is 11.7. The molecule has 8 aromatic carbocycles. The lowest BCUT2D eigenvalue weighted by Crippen LogP contribution is -2.00. The average Bonchev–Trinajstić information content (AvgIpc) is 3.83. The van der Waals surface area contributed by atoms with Gasteiger partial charge in [0.15, 0.2) is 17.5 Å². The predicted octanol–water partition coefficient (Wildman–Crippen LogP) is 13.6. The fourth-order valence-electron chi connectivity index (χ4n) is 7.78. The van der Waals surface area contributed by atoms with Crippen LogP contribution in [0.25, 0.3) is 109 Å². The molecule has 0 saturated heterocycles. The molecule has 3 heterocycles. The molecule has 0 bridgehead atoms. The number of fused-ring (bicyclic) bond motifs is 8. The summed E-state index contributed by atoms with van der Waals surface area (Å²) in [5, 5.41) is 6.87. The van der Waals surface area contributed by atoms with E-state index in [1.807, 2.05) is 35.6 Å². The lowest BCUT2D eigenvalue weighted by atomic mass is 9.91. The molecule has 11 aromatic rings. The van der Waals surface area contributed by atoms with E-state index < -0.39 is 0 Å². The van der Waals surface area contributed by atoms with E-state index in [1.54, 1.807) is 0 Å². The first-order valence-electron chi connectivity index (χ1n) is 18.0. The van der Waals surface area contributed by atoms with Gasteiger partial charge in [0, 0.05) is 53.0 Å². The van der Waals surface area contributed by atoms with Crippen LogP contribution in [0.5, 0.6) is 0 Å². The van der Waals surface area contributed by atoms with Crippen molar-refractivity contribution in [2.75, 3.05) is 0 Å². The van der Waals surface area contributed by atoms with Gasteiger partial charge in [-0.15, -0.1) is 11.3 Å². The molecule has 0 saturated carbocycles. The Balaban J connectivity index is 1.13. The van der Waals surface area contributed by atoms with Crippen molar-refractivity contribution < 1.29 is 4.42 Å². The molecule has 252 valence electrons. The van der Waals surface area contributed by atoms with Crippen LogP contribution < -0.4 is 0 Å². The lowest BCUT2D eigenvalue weighted by Gasteiger charge is -2.13. The number of hydrogen-bond donors (Lipinski definition) is 0. The van der Waals surface area contributed by atoms with Crippen molar-refractivity contribution in [3.63, 3.8) is 0 Å². The van der Waals surface area contributed by atoms with Crippen LogP contribution in [0.15, 0.2) is 180 Å². The molecular weight excluding hydrogens is 679 g/mol. The summed E-state index contributed by atoms with van der Waals surface area (Å²) in [4.78, 5) is 15.3. The summed E-state index contributed by atoms with van der Waals surface area (Å²) in [6.07, 6.45) is 0. The van der Waals surface area contributed by atoms with Crippen molar-refractivity contribution in [2.45, 2.75) is 0 Å². The van der Waals surface area contributed by atoms with Gasteiger partial charge in [0.2, 0.25) is 0 Å². The fraction of sp³-hybridized carbons (Fsp3) is 0. The number of benzene rings is 8. The van der Waals surface area contributed by atoms with Crippen LogP contribution in [0.2, 0.25) is 0 Å². The van der Waals surface area contributed by atoms with E-state index >= 15 is 0 Å². The summed E-state index contributed by atoms with van der Waals surface area (Å²) in [5.74, 6) is 1.90. The summed E-state index contributed by atoms with van der Waals surface area (Å²) >= 11 is 1.81. The molecule has 54 heavy (non-hydrogen) atoms. The molecule has 0 unspecified atom stereocenters. The third-order valence-electron chi connectivity index (χ3n) is 10.3. The summed E-state index contributed by atoms with van der Waals surface area (Å²) in [6, 6.07) is 61.5. The summed E-state index contributed by atoms with van der Waals surface area (Å²) in [6.45, 7) is 0. The average molecular weight is 708 g/mol. The number of aromatic nitrogens is 3. The molecule has 0 aliphatic carbocycles. The maximum atomic E-state index is 6.68. The van der Waals surface area contributed by atoms with Gasteiger partial charge in [0.05, 0.1) is 0 Å². The second-order valence-corrected chi connectivity index (χ2v) is 14.6. The van der Waals surface area contributed by atoms with Crippen LogP contribution in [0, 0.1) is 0 Å². The van der Waals surface area contributed by atoms with Crippen LogP contribution in [-0.4, -0.2) is 15.0 Å². The van der Waals surface area contributed by atoms with Crippen LogP contribution >= 0.6 is 11.3 Å². The Hall–Kier alpha value is -6.95. The Labute approximate surface area is 314 Å². The zero-order valence-corrected chi connectivity index (χ0v) is 29.7. The molecule has 5 heteroatoms. The molecule has 4 nitrogen and oxygen atoms in total. The molecule has 0 amide bonds. The van der Waals surface area contributed by atoms with Gasteiger partial charge in [0.1, 0.15) is 11.2 Å². The lowest BCUT2D eigenvalue weighted by molar-refractivity contribution is 0.673. The standard InChI is InChI=1S/C49H29N3OS/c1-3-13-30(14-4-1)35-21-12-22-37-40(35)29-39(45-38-20-7-9-23-42(38)53-46(37)45)32-17-11-18-33(27-32)48-50-47(31-15-5-2-6-16-31)51-49(52-48)34-25-26-44-41(28-34)36-19-8-10-24-43(36)54-44/h1-29H. The molecule has 0 radical (unpaired) electrons. The molecule has 0 aliphatic heterocycles. The van der Waals surface area contributed by atoms with Gasteiger partial charge in [-0.25, -0.2) is 15.0 Å². The molecule has 0 fully saturated rings. The zero-order valence-electron chi connectivity index (χ0n) is 28.9. The smallest absolute Gasteiger partial charge is 0.164 e. The molecule has 0 N–H and O–H groups in total. The van der Waals surface area contributed by atoms with Crippen LogP contribution in [0.4, 0.5) is 0 Å². The summed E-state index contributed by atoms with van der Waals surface area (Å²) in [7, 11) is 0. The minimum Gasteiger partial charge on any atom is -0.455 e. The van der Waals surface area contributed by atoms with Crippen molar-refractivity contribution >= 4 is 64.2 Å². The van der Waals surface area contributed by atoms with Gasteiger partial charge >= 0.3 is 0 Å². The third kappa shape index (κ3) is 5.01. The van der Waals surface area contributed by atoms with Crippen LogP contribution in [0.3, 0.4) is 0 Å². The Bertz CT molecular complexity index is 3220. The van der Waals surface area contributed by atoms with Crippen LogP contribution in [-0.2, 0) is 0 Å². The van der Waals surface area contributed by atoms with Crippen molar-refractivity contribution in [3.05, 3.63) is 176 Å². The van der Waals surface area contributed by atoms with E-state index in [1.165, 1.54) is 20.2 Å². The van der Waals surface area contributed by atoms with Crippen molar-refractivity contribution in [1.82, 2.24) is 15.0 Å². The van der Waals surface area contributed by atoms with Gasteiger partial charge in [-0.3, -0.25) is 0 Å². The fourth-order valence-corrected chi connectivity index (χ4v) is 8.86. The van der Waals surface area contributed by atoms with Crippen LogP contribution in [0.1, 0.15) is 0 Å². The second-order valence-electron chi connectivity index (χ2n) is 13.6. The Morgan fingerprint density at radius 2 is 0.944 bits per heavy atom. The highest BCUT2D eigenvalue weighted by molar-refractivity contribution is 7.25. The number of nitrogens with zero attached hydrogens (tertiary/aromatic N) is 3. The Morgan fingerprint density at radius 3 is 1.76 bits per heavy atom. The first-order valence-corrected chi connectivity index (χ1v) is 18.8. The van der Waals surface area contributed by atoms with E-state index in [-0.39, 0.29) is 0 Å². The Morgan fingerprint density at radius 1 is 0.352 bits per heavy atom. The summed E-state index contributed by atoms with van der Waals surface area (Å²) < 4.78 is 9.20. The SMILES string of the molecule is c1ccc(-c2nc(-c3cccc(-c4cc5c(-c6ccccc6)cccc5c5oc6ccccc6c45)c3)nc(-c3ccc4sc5ccccc5c4c3)n2)cc1. The predicted molar refractivity (Wildman–Crippen MR) is 225 cm³/mol. The van der Waals surface area contributed by atoms with Crippen molar-refractivity contribution in [2.24, 2.45) is 0 Å². The second kappa shape index (κ2) is 12.3. The largest absolute Gasteiger partial charge is 0.455 e. The molecule has 0 aliphatic rings. The number of rotatable bonds is 5. The van der Waals surface area contributed by atoms with Crippen molar-refractivity contribution in [1.29, 1.82) is 0 Å². The number of hydrogen-bond acceptors (Lipinski definition) is 5. The number of thiophene rings is 1. The van der Waals surface area contributed by atoms with E-state index in [0.29, 0.717) is 17.5 Å². The van der Waals surface area contributed by atoms with E-state index in [4.69, 9.17) is 19.4 Å². The van der Waals surface area contributed by atoms with E-state index in [9.17, 15) is 0 Å². The highest BCUT2D eigenvalue weighted by Crippen LogP contribution is 2.44. The monoisotopic (exact) mass is 707 g/mol. The first kappa shape index (κ1) is 30.7. The minimum absolute atomic E-state index is 0.620. The summed E-state index contributed by atoms with van der Waals surface area (Å²) in [5.41, 5.74) is 9.05. The maximum absolute atomic E-state index is 6.68. The first-order chi connectivity index (χ1) is 26.7.